The Bertz CT molecular complexity index is 254. The summed E-state index contributed by atoms with van der Waals surface area (Å²) < 4.78 is 0. The second-order valence-corrected chi connectivity index (χ2v) is 2.83. The molecule has 0 aliphatic rings. The van der Waals surface area contributed by atoms with Gasteiger partial charge in [0.2, 0.25) is 0 Å². The first kappa shape index (κ1) is 13.1. The largest absolute Gasteiger partial charge is 0.480 e. The molecule has 0 heterocycles. The first-order chi connectivity index (χ1) is 6.86. The number of hydrogen-bond acceptors (Lipinski definition) is 5. The van der Waals surface area contributed by atoms with Gasteiger partial charge >= 0.3 is 5.97 Å². The molecule has 0 aliphatic heterocycles. The molecule has 9 heteroatoms. The van der Waals surface area contributed by atoms with Crippen molar-refractivity contribution in [3.63, 3.8) is 0 Å². The lowest BCUT2D eigenvalue weighted by molar-refractivity contribution is -0.629. The Morgan fingerprint density at radius 3 is 2.53 bits per heavy atom. The number of carbonyl (C=O) groups is 1. The predicted molar refractivity (Wildman–Crippen MR) is 50.5 cm³/mol. The fraction of sp³-hybridized carbons (Fsp3) is 0.667. The predicted octanol–water partition coefficient (Wildman–Crippen LogP) is -1.43. The van der Waals surface area contributed by atoms with Gasteiger partial charge in [0, 0.05) is 0 Å². The van der Waals surface area contributed by atoms with E-state index in [0.29, 0.717) is 5.01 Å². The number of nitrogens with two attached hydrogens (primary N) is 2. The van der Waals surface area contributed by atoms with Gasteiger partial charge in [0.05, 0.1) is 6.54 Å². The third-order valence-electron chi connectivity index (χ3n) is 1.68. The molecule has 0 amide bonds. The lowest BCUT2D eigenvalue weighted by Gasteiger charge is -2.12. The topological polar surface area (TPSA) is 160 Å². The van der Waals surface area contributed by atoms with Crippen LogP contribution in [0.2, 0.25) is 0 Å². The summed E-state index contributed by atoms with van der Waals surface area (Å²) in [6.45, 7) is -0.136. The van der Waals surface area contributed by atoms with Crippen molar-refractivity contribution in [3.8, 4) is 0 Å². The summed E-state index contributed by atoms with van der Waals surface area (Å²) in [5.74, 6) is -1.85. The Balaban J connectivity index is 3.97. The number of rotatable bonds is 6. The summed E-state index contributed by atoms with van der Waals surface area (Å²) in [7, 11) is 0. The highest BCUT2D eigenvalue weighted by Crippen LogP contribution is 1.98. The summed E-state index contributed by atoms with van der Waals surface area (Å²) in [5, 5.41) is 25.2. The quantitative estimate of drug-likeness (QED) is 0.184. The van der Waals surface area contributed by atoms with Gasteiger partial charge in [-0.3, -0.25) is 10.2 Å². The van der Waals surface area contributed by atoms with E-state index in [0.717, 1.165) is 0 Å². The van der Waals surface area contributed by atoms with E-state index in [9.17, 15) is 14.9 Å². The molecule has 6 N–H and O–H groups in total. The molecule has 0 aromatic carbocycles. The summed E-state index contributed by atoms with van der Waals surface area (Å²) in [4.78, 5) is 20.6. The van der Waals surface area contributed by atoms with Crippen LogP contribution in [-0.4, -0.2) is 39.7 Å². The van der Waals surface area contributed by atoms with E-state index < -0.39 is 23.0 Å². The Morgan fingerprint density at radius 1 is 1.67 bits per heavy atom. The highest BCUT2D eigenvalue weighted by Gasteiger charge is 2.19. The zero-order valence-electron chi connectivity index (χ0n) is 7.92. The molecule has 0 bridgehead atoms. The molecule has 86 valence electrons. The molecule has 0 unspecified atom stereocenters. The van der Waals surface area contributed by atoms with E-state index in [1.54, 1.807) is 0 Å². The molecule has 0 aromatic heterocycles. The van der Waals surface area contributed by atoms with Crippen LogP contribution in [0.25, 0.3) is 0 Å². The molecule has 0 rings (SSSR count). The molecule has 0 spiro atoms. The Hall–Kier alpha value is -1.90. The molecule has 15 heavy (non-hydrogen) atoms. The van der Waals surface area contributed by atoms with E-state index in [4.69, 9.17) is 22.0 Å². The number of nitrogens with zero attached hydrogens (tertiary/aromatic N) is 2. The fourth-order valence-electron chi connectivity index (χ4n) is 0.875. The summed E-state index contributed by atoms with van der Waals surface area (Å²) in [6, 6.07) is -1.05. The molecular formula is C6H13N5O4. The van der Waals surface area contributed by atoms with Gasteiger partial charge < -0.3 is 16.6 Å². The highest BCUT2D eigenvalue weighted by molar-refractivity contribution is 5.73. The fourth-order valence-corrected chi connectivity index (χ4v) is 0.875. The average Bonchev–Trinajstić information content (AvgIpc) is 2.10. The number of nitrogens with one attached hydrogen (secondary N) is 1. The number of carboxylic acids is 1. The van der Waals surface area contributed by atoms with Crippen LogP contribution in [0.3, 0.4) is 0 Å². The van der Waals surface area contributed by atoms with Gasteiger partial charge in [-0.2, -0.15) is 0 Å². The van der Waals surface area contributed by atoms with Gasteiger partial charge in [0.25, 0.3) is 5.96 Å². The molecule has 0 fully saturated rings. The van der Waals surface area contributed by atoms with Crippen LogP contribution in [0, 0.1) is 15.5 Å². The second-order valence-electron chi connectivity index (χ2n) is 2.83. The average molecular weight is 219 g/mol. The molecular weight excluding hydrogens is 206 g/mol. The van der Waals surface area contributed by atoms with Gasteiger partial charge in [-0.1, -0.05) is 5.01 Å². The van der Waals surface area contributed by atoms with Crippen molar-refractivity contribution in [3.05, 3.63) is 10.1 Å². The molecule has 0 saturated carbocycles. The van der Waals surface area contributed by atoms with Crippen LogP contribution in [0.4, 0.5) is 0 Å². The number of guanidine groups is 1. The van der Waals surface area contributed by atoms with Gasteiger partial charge in [0.1, 0.15) is 6.04 Å². The SMILES string of the molecule is N=C(N)N(CCC[C@@H](N)C(=O)O)[N+](=O)[O-]. The van der Waals surface area contributed by atoms with Crippen LogP contribution < -0.4 is 11.5 Å². The van der Waals surface area contributed by atoms with Crippen molar-refractivity contribution in [2.75, 3.05) is 6.54 Å². The third kappa shape index (κ3) is 4.76. The van der Waals surface area contributed by atoms with Crippen molar-refractivity contribution in [2.45, 2.75) is 18.9 Å². The molecule has 0 aromatic rings. The Morgan fingerprint density at radius 2 is 2.20 bits per heavy atom. The lowest BCUT2D eigenvalue weighted by Crippen LogP contribution is -2.42. The van der Waals surface area contributed by atoms with Gasteiger partial charge in [-0.25, -0.2) is 10.1 Å². The molecule has 0 radical (unpaired) electrons. The minimum Gasteiger partial charge on any atom is -0.480 e. The third-order valence-corrected chi connectivity index (χ3v) is 1.68. The second kappa shape index (κ2) is 5.75. The number of hydrogen-bond donors (Lipinski definition) is 4. The molecule has 9 nitrogen and oxygen atoms in total. The van der Waals surface area contributed by atoms with Gasteiger partial charge in [-0.15, -0.1) is 0 Å². The minimum absolute atomic E-state index is 0.0902. The molecule has 0 aliphatic carbocycles. The van der Waals surface area contributed by atoms with Crippen molar-refractivity contribution < 1.29 is 14.9 Å². The van der Waals surface area contributed by atoms with Crippen molar-refractivity contribution in [2.24, 2.45) is 11.5 Å². The lowest BCUT2D eigenvalue weighted by atomic mass is 10.2. The molecule has 1 atom stereocenters. The van der Waals surface area contributed by atoms with E-state index in [1.807, 2.05) is 0 Å². The van der Waals surface area contributed by atoms with Crippen LogP contribution >= 0.6 is 0 Å². The van der Waals surface area contributed by atoms with E-state index in [2.05, 4.69) is 0 Å². The van der Waals surface area contributed by atoms with Crippen molar-refractivity contribution in [1.82, 2.24) is 5.01 Å². The number of carboxylic acid groups (broad SMARTS) is 1. The summed E-state index contributed by atoms with van der Waals surface area (Å²) in [5.41, 5.74) is 10.1. The number of hydrazine groups is 1. The first-order valence-corrected chi connectivity index (χ1v) is 4.10. The number of aliphatic carboxylic acids is 1. The van der Waals surface area contributed by atoms with Crippen LogP contribution in [0.5, 0.6) is 0 Å². The highest BCUT2D eigenvalue weighted by atomic mass is 16.7. The Labute approximate surface area is 85.3 Å². The Kier molecular flexibility index (Phi) is 5.02. The van der Waals surface area contributed by atoms with Crippen LogP contribution in [0.15, 0.2) is 0 Å². The normalized spacial score (nSPS) is 11.8. The van der Waals surface area contributed by atoms with E-state index in [1.165, 1.54) is 0 Å². The van der Waals surface area contributed by atoms with Crippen LogP contribution in [0.1, 0.15) is 12.8 Å². The summed E-state index contributed by atoms with van der Waals surface area (Å²) in [6.07, 6.45) is 0.265. The van der Waals surface area contributed by atoms with Crippen molar-refractivity contribution in [1.29, 1.82) is 5.41 Å². The molecule has 0 saturated heterocycles. The maximum Gasteiger partial charge on any atom is 0.320 e. The summed E-state index contributed by atoms with van der Waals surface area (Å²) >= 11 is 0. The van der Waals surface area contributed by atoms with Gasteiger partial charge in [0.15, 0.2) is 5.03 Å². The van der Waals surface area contributed by atoms with Crippen LogP contribution in [-0.2, 0) is 4.79 Å². The maximum absolute atomic E-state index is 10.3. The zero-order valence-corrected chi connectivity index (χ0v) is 7.92. The number of nitro groups is 1. The smallest absolute Gasteiger partial charge is 0.320 e. The maximum atomic E-state index is 10.3. The minimum atomic E-state index is -1.16. The van der Waals surface area contributed by atoms with E-state index in [-0.39, 0.29) is 19.4 Å². The van der Waals surface area contributed by atoms with E-state index >= 15 is 0 Å². The standard InChI is InChI=1S/C6H13N5O4/c7-4(5(12)13)2-1-3-10(6(8)9)11(14)15/h4H,1-3,7H2,(H3,8,9)(H,12,13)/t4-/m1/s1. The monoisotopic (exact) mass is 219 g/mol. The first-order valence-electron chi connectivity index (χ1n) is 4.10. The van der Waals surface area contributed by atoms with Gasteiger partial charge in [-0.05, 0) is 12.8 Å². The van der Waals surface area contributed by atoms with Crippen molar-refractivity contribution >= 4 is 11.9 Å². The zero-order chi connectivity index (χ0) is 12.0.